The molecule has 0 saturated carbocycles. The minimum Gasteiger partial charge on any atom is -0.494 e. The zero-order valence-corrected chi connectivity index (χ0v) is 19.3. The topological polar surface area (TPSA) is 79.0 Å². The molecule has 4 amide bonds. The van der Waals surface area contributed by atoms with E-state index < -0.39 is 29.7 Å². The fourth-order valence-corrected chi connectivity index (χ4v) is 3.86. The van der Waals surface area contributed by atoms with Gasteiger partial charge in [-0.25, -0.2) is 14.1 Å². The van der Waals surface area contributed by atoms with E-state index in [-0.39, 0.29) is 13.0 Å². The number of para-hydroxylation sites is 1. The summed E-state index contributed by atoms with van der Waals surface area (Å²) in [6.45, 7) is 2.68. The first-order valence-electron chi connectivity index (χ1n) is 11.4. The molecule has 1 N–H and O–H groups in total. The van der Waals surface area contributed by atoms with Crippen molar-refractivity contribution in [1.82, 2.24) is 4.90 Å². The fraction of sp³-hybridized carbons (Fsp3) is 0.222. The normalized spacial score (nSPS) is 15.4. The lowest BCUT2D eigenvalue weighted by atomic mass is 10.1. The van der Waals surface area contributed by atoms with Crippen molar-refractivity contribution in [3.8, 4) is 5.75 Å². The molecule has 0 unspecified atom stereocenters. The van der Waals surface area contributed by atoms with Gasteiger partial charge in [0.15, 0.2) is 0 Å². The second kappa shape index (κ2) is 10.8. The van der Waals surface area contributed by atoms with Crippen molar-refractivity contribution >= 4 is 29.2 Å². The Kier molecular flexibility index (Phi) is 7.40. The number of urea groups is 1. The van der Waals surface area contributed by atoms with Crippen LogP contribution in [0.5, 0.6) is 5.75 Å². The molecule has 4 rings (SSSR count). The van der Waals surface area contributed by atoms with Gasteiger partial charge in [-0.15, -0.1) is 0 Å². The van der Waals surface area contributed by atoms with Crippen molar-refractivity contribution in [3.63, 3.8) is 0 Å². The summed E-state index contributed by atoms with van der Waals surface area (Å²) in [5, 5.41) is 2.78. The second-order valence-electron chi connectivity index (χ2n) is 8.19. The molecule has 0 radical (unpaired) electrons. The molecule has 1 atom stereocenters. The van der Waals surface area contributed by atoms with Gasteiger partial charge in [0, 0.05) is 12.2 Å². The zero-order valence-electron chi connectivity index (χ0n) is 19.3. The Hall–Kier alpha value is -4.20. The third-order valence-electron chi connectivity index (χ3n) is 5.59. The number of imide groups is 1. The van der Waals surface area contributed by atoms with Crippen LogP contribution < -0.4 is 15.0 Å². The number of rotatable bonds is 9. The molecule has 35 heavy (non-hydrogen) atoms. The molecule has 8 heteroatoms. The Bertz CT molecular complexity index is 1180. The number of carbonyl (C=O) groups is 3. The first-order chi connectivity index (χ1) is 17.0. The summed E-state index contributed by atoms with van der Waals surface area (Å²) >= 11 is 0. The van der Waals surface area contributed by atoms with Gasteiger partial charge in [0.25, 0.3) is 5.91 Å². The van der Waals surface area contributed by atoms with Crippen LogP contribution in [0.3, 0.4) is 0 Å². The van der Waals surface area contributed by atoms with Crippen molar-refractivity contribution in [2.45, 2.75) is 32.4 Å². The van der Waals surface area contributed by atoms with Crippen LogP contribution in [-0.2, 0) is 16.1 Å². The number of nitrogens with zero attached hydrogens (tertiary/aromatic N) is 2. The quantitative estimate of drug-likeness (QED) is 0.443. The average Bonchev–Trinajstić information content (AvgIpc) is 3.09. The highest BCUT2D eigenvalue weighted by molar-refractivity contribution is 6.22. The van der Waals surface area contributed by atoms with E-state index in [1.807, 2.05) is 6.92 Å². The van der Waals surface area contributed by atoms with Gasteiger partial charge in [-0.3, -0.25) is 9.59 Å². The molecule has 3 aromatic rings. The monoisotopic (exact) mass is 475 g/mol. The number of benzene rings is 3. The smallest absolute Gasteiger partial charge is 0.332 e. The van der Waals surface area contributed by atoms with Gasteiger partial charge >= 0.3 is 6.03 Å². The minimum absolute atomic E-state index is 0.0651. The highest BCUT2D eigenvalue weighted by atomic mass is 19.1. The third-order valence-corrected chi connectivity index (χ3v) is 5.59. The predicted octanol–water partition coefficient (Wildman–Crippen LogP) is 4.98. The predicted molar refractivity (Wildman–Crippen MR) is 131 cm³/mol. The number of nitrogens with one attached hydrogen (secondary N) is 1. The number of hydrogen-bond donors (Lipinski definition) is 1. The Morgan fingerprint density at radius 2 is 1.66 bits per heavy atom. The van der Waals surface area contributed by atoms with Gasteiger partial charge in [0.1, 0.15) is 17.6 Å². The lowest BCUT2D eigenvalue weighted by Gasteiger charge is -2.21. The molecule has 1 aliphatic rings. The Morgan fingerprint density at radius 3 is 2.31 bits per heavy atom. The molecular formula is C27H26FN3O4. The number of anilines is 2. The van der Waals surface area contributed by atoms with E-state index in [4.69, 9.17) is 4.74 Å². The standard InChI is InChI=1S/C27H26FN3O4/c1-2-16-35-23-14-12-21(13-15-23)29-25(32)17-24-26(33)31(22-6-4-3-5-7-22)27(34)30(24)18-19-8-10-20(28)11-9-19/h3-15,24H,2,16-18H2,1H3,(H,29,32)/t24-/m1/s1. The third kappa shape index (κ3) is 5.66. The summed E-state index contributed by atoms with van der Waals surface area (Å²) in [6.07, 6.45) is 0.671. The maximum Gasteiger partial charge on any atom is 0.332 e. The van der Waals surface area contributed by atoms with E-state index in [9.17, 15) is 18.8 Å². The van der Waals surface area contributed by atoms with Crippen LogP contribution in [0.25, 0.3) is 0 Å². The summed E-state index contributed by atoms with van der Waals surface area (Å²) in [7, 11) is 0. The number of ether oxygens (including phenoxy) is 1. The molecule has 1 fully saturated rings. The SMILES string of the molecule is CCCOc1ccc(NC(=O)C[C@@H]2C(=O)N(c3ccccc3)C(=O)N2Cc2ccc(F)cc2)cc1. The average molecular weight is 476 g/mol. The largest absolute Gasteiger partial charge is 0.494 e. The summed E-state index contributed by atoms with van der Waals surface area (Å²) < 4.78 is 18.9. The van der Waals surface area contributed by atoms with Gasteiger partial charge in [-0.1, -0.05) is 37.3 Å². The maximum absolute atomic E-state index is 13.4. The molecule has 0 aliphatic carbocycles. The van der Waals surface area contributed by atoms with E-state index in [0.29, 0.717) is 29.3 Å². The molecule has 1 saturated heterocycles. The van der Waals surface area contributed by atoms with Crippen LogP contribution in [0.1, 0.15) is 25.3 Å². The number of carbonyl (C=O) groups excluding carboxylic acids is 3. The highest BCUT2D eigenvalue weighted by Crippen LogP contribution is 2.28. The van der Waals surface area contributed by atoms with E-state index >= 15 is 0 Å². The Balaban J connectivity index is 1.52. The first-order valence-corrected chi connectivity index (χ1v) is 11.4. The second-order valence-corrected chi connectivity index (χ2v) is 8.19. The maximum atomic E-state index is 13.4. The van der Waals surface area contributed by atoms with Crippen LogP contribution in [0.15, 0.2) is 78.9 Å². The molecule has 1 heterocycles. The molecule has 3 aromatic carbocycles. The molecule has 7 nitrogen and oxygen atoms in total. The van der Waals surface area contributed by atoms with Crippen LogP contribution in [0, 0.1) is 5.82 Å². The molecule has 0 bridgehead atoms. The van der Waals surface area contributed by atoms with Gasteiger partial charge in [0.2, 0.25) is 5.91 Å². The van der Waals surface area contributed by atoms with E-state index in [1.54, 1.807) is 66.7 Å². The van der Waals surface area contributed by atoms with Crippen molar-refractivity contribution < 1.29 is 23.5 Å². The molecule has 1 aliphatic heterocycles. The summed E-state index contributed by atoms with van der Waals surface area (Å²) in [6, 6.07) is 19.7. The van der Waals surface area contributed by atoms with Crippen molar-refractivity contribution in [2.24, 2.45) is 0 Å². The zero-order chi connectivity index (χ0) is 24.8. The fourth-order valence-electron chi connectivity index (χ4n) is 3.86. The summed E-state index contributed by atoms with van der Waals surface area (Å²) in [4.78, 5) is 41.9. The van der Waals surface area contributed by atoms with Crippen molar-refractivity contribution in [1.29, 1.82) is 0 Å². The minimum atomic E-state index is -1.00. The molecule has 0 spiro atoms. The summed E-state index contributed by atoms with van der Waals surface area (Å²) in [5.74, 6) is -0.588. The van der Waals surface area contributed by atoms with Gasteiger partial charge in [0.05, 0.1) is 18.7 Å². The Morgan fingerprint density at radius 1 is 0.971 bits per heavy atom. The lowest BCUT2D eigenvalue weighted by molar-refractivity contribution is -0.124. The van der Waals surface area contributed by atoms with Gasteiger partial charge < -0.3 is 15.0 Å². The summed E-state index contributed by atoms with van der Waals surface area (Å²) in [5.41, 5.74) is 1.63. The number of hydrogen-bond acceptors (Lipinski definition) is 4. The van der Waals surface area contributed by atoms with E-state index in [0.717, 1.165) is 11.3 Å². The van der Waals surface area contributed by atoms with Crippen LogP contribution in [0.4, 0.5) is 20.6 Å². The van der Waals surface area contributed by atoms with Gasteiger partial charge in [-0.05, 0) is 60.5 Å². The molecule has 0 aromatic heterocycles. The van der Waals surface area contributed by atoms with E-state index in [2.05, 4.69) is 5.32 Å². The van der Waals surface area contributed by atoms with Crippen molar-refractivity contribution in [3.05, 3.63) is 90.2 Å². The lowest BCUT2D eigenvalue weighted by Crippen LogP contribution is -2.37. The highest BCUT2D eigenvalue weighted by Gasteiger charge is 2.46. The molecule has 180 valence electrons. The van der Waals surface area contributed by atoms with Crippen molar-refractivity contribution in [2.75, 3.05) is 16.8 Å². The first kappa shape index (κ1) is 23.9. The molecular weight excluding hydrogens is 449 g/mol. The van der Waals surface area contributed by atoms with Crippen LogP contribution >= 0.6 is 0 Å². The van der Waals surface area contributed by atoms with Crippen LogP contribution in [-0.4, -0.2) is 35.4 Å². The number of halogens is 1. The number of amides is 4. The van der Waals surface area contributed by atoms with Crippen LogP contribution in [0.2, 0.25) is 0 Å². The van der Waals surface area contributed by atoms with E-state index in [1.165, 1.54) is 17.0 Å². The van der Waals surface area contributed by atoms with Gasteiger partial charge in [-0.2, -0.15) is 0 Å². The Labute approximate surface area is 203 Å².